The smallest absolute Gasteiger partial charge is 0.254 e. The molecule has 0 aromatic heterocycles. The number of rotatable bonds is 4. The van der Waals surface area contributed by atoms with Crippen molar-refractivity contribution >= 4 is 11.8 Å². The molecule has 0 fully saturated rings. The first-order valence-electron chi connectivity index (χ1n) is 6.32. The van der Waals surface area contributed by atoms with Gasteiger partial charge < -0.3 is 0 Å². The van der Waals surface area contributed by atoms with Crippen LogP contribution in [-0.4, -0.2) is 11.8 Å². The Labute approximate surface area is 96.3 Å². The van der Waals surface area contributed by atoms with E-state index in [9.17, 15) is 9.59 Å². The van der Waals surface area contributed by atoms with Gasteiger partial charge >= 0.3 is 0 Å². The highest BCUT2D eigenvalue weighted by Crippen LogP contribution is 2.36. The molecule has 0 aromatic carbocycles. The van der Waals surface area contributed by atoms with E-state index in [4.69, 9.17) is 0 Å². The van der Waals surface area contributed by atoms with Crippen molar-refractivity contribution in [1.82, 2.24) is 5.32 Å². The summed E-state index contributed by atoms with van der Waals surface area (Å²) in [5, 5.41) is 2.43. The second-order valence-electron chi connectivity index (χ2n) is 4.76. The molecule has 1 heterocycles. The highest BCUT2D eigenvalue weighted by Gasteiger charge is 2.36. The Morgan fingerprint density at radius 2 is 2.06 bits per heavy atom. The molecule has 0 bridgehead atoms. The summed E-state index contributed by atoms with van der Waals surface area (Å²) in [5.74, 6) is 0.0724. The van der Waals surface area contributed by atoms with Gasteiger partial charge in [-0.3, -0.25) is 14.9 Å². The highest BCUT2D eigenvalue weighted by atomic mass is 16.2. The van der Waals surface area contributed by atoms with Crippen LogP contribution in [0.2, 0.25) is 0 Å². The van der Waals surface area contributed by atoms with Crippen molar-refractivity contribution in [2.75, 3.05) is 0 Å². The number of unbranched alkanes of at least 4 members (excludes halogenated alkanes) is 2. The highest BCUT2D eigenvalue weighted by molar-refractivity contribution is 6.19. The average molecular weight is 221 g/mol. The summed E-state index contributed by atoms with van der Waals surface area (Å²) < 4.78 is 0. The van der Waals surface area contributed by atoms with Crippen LogP contribution in [0.4, 0.5) is 0 Å². The van der Waals surface area contributed by atoms with E-state index in [1.165, 1.54) is 19.3 Å². The van der Waals surface area contributed by atoms with Crippen molar-refractivity contribution < 1.29 is 9.59 Å². The Balaban J connectivity index is 2.08. The summed E-state index contributed by atoms with van der Waals surface area (Å²) in [6.07, 6.45) is 7.56. The van der Waals surface area contributed by atoms with Gasteiger partial charge in [0.15, 0.2) is 0 Å². The van der Waals surface area contributed by atoms with Crippen LogP contribution in [0.25, 0.3) is 0 Å². The van der Waals surface area contributed by atoms with Gasteiger partial charge in [0, 0.05) is 11.1 Å². The maximum absolute atomic E-state index is 11.7. The molecule has 2 aliphatic rings. The maximum Gasteiger partial charge on any atom is 0.254 e. The molecule has 1 unspecified atom stereocenters. The van der Waals surface area contributed by atoms with Gasteiger partial charge in [0.1, 0.15) is 0 Å². The van der Waals surface area contributed by atoms with Gasteiger partial charge in [-0.2, -0.15) is 0 Å². The zero-order valence-corrected chi connectivity index (χ0v) is 9.84. The molecule has 3 nitrogen and oxygen atoms in total. The zero-order chi connectivity index (χ0) is 11.5. The van der Waals surface area contributed by atoms with Crippen LogP contribution in [0, 0.1) is 5.92 Å². The quantitative estimate of drug-likeness (QED) is 0.585. The van der Waals surface area contributed by atoms with Gasteiger partial charge in [-0.1, -0.05) is 26.2 Å². The largest absolute Gasteiger partial charge is 0.289 e. The van der Waals surface area contributed by atoms with Crippen LogP contribution < -0.4 is 5.32 Å². The third-order valence-corrected chi connectivity index (χ3v) is 3.61. The van der Waals surface area contributed by atoms with E-state index in [-0.39, 0.29) is 11.8 Å². The summed E-state index contributed by atoms with van der Waals surface area (Å²) in [6, 6.07) is 0. The fourth-order valence-corrected chi connectivity index (χ4v) is 2.78. The van der Waals surface area contributed by atoms with Gasteiger partial charge in [0.2, 0.25) is 0 Å². The molecule has 0 aromatic rings. The predicted molar refractivity (Wildman–Crippen MR) is 61.7 cm³/mol. The molecule has 16 heavy (non-hydrogen) atoms. The second-order valence-corrected chi connectivity index (χ2v) is 4.76. The first-order valence-corrected chi connectivity index (χ1v) is 6.32. The number of carbonyl (C=O) groups excluding carboxylic acids is 2. The molecule has 0 radical (unpaired) electrons. The number of imide groups is 1. The summed E-state index contributed by atoms with van der Waals surface area (Å²) >= 11 is 0. The van der Waals surface area contributed by atoms with E-state index < -0.39 is 0 Å². The van der Waals surface area contributed by atoms with E-state index >= 15 is 0 Å². The third-order valence-electron chi connectivity index (χ3n) is 3.61. The minimum Gasteiger partial charge on any atom is -0.289 e. The van der Waals surface area contributed by atoms with Crippen LogP contribution in [0.15, 0.2) is 11.1 Å². The number of carbonyl (C=O) groups is 2. The summed E-state index contributed by atoms with van der Waals surface area (Å²) in [5.41, 5.74) is 1.59. The average Bonchev–Trinajstić information content (AvgIpc) is 2.56. The lowest BCUT2D eigenvalue weighted by Gasteiger charge is -2.22. The zero-order valence-electron chi connectivity index (χ0n) is 9.84. The lowest BCUT2D eigenvalue weighted by atomic mass is 9.81. The topological polar surface area (TPSA) is 46.2 Å². The fraction of sp³-hybridized carbons (Fsp3) is 0.692. The van der Waals surface area contributed by atoms with Crippen LogP contribution >= 0.6 is 0 Å². The van der Waals surface area contributed by atoms with Gasteiger partial charge in [-0.15, -0.1) is 0 Å². The van der Waals surface area contributed by atoms with Crippen LogP contribution in [-0.2, 0) is 9.59 Å². The Bertz CT molecular complexity index is 344. The van der Waals surface area contributed by atoms with E-state index in [1.807, 2.05) is 0 Å². The molecule has 0 spiro atoms. The Kier molecular flexibility index (Phi) is 3.42. The van der Waals surface area contributed by atoms with Crippen molar-refractivity contribution in [3.05, 3.63) is 11.1 Å². The van der Waals surface area contributed by atoms with Gasteiger partial charge in [0.05, 0.1) is 0 Å². The van der Waals surface area contributed by atoms with E-state index in [0.717, 1.165) is 36.8 Å². The van der Waals surface area contributed by atoms with Gasteiger partial charge in [-0.25, -0.2) is 0 Å². The number of hydrogen-bond acceptors (Lipinski definition) is 2. The minimum absolute atomic E-state index is 0.124. The maximum atomic E-state index is 11.7. The Morgan fingerprint density at radius 1 is 1.25 bits per heavy atom. The summed E-state index contributed by atoms with van der Waals surface area (Å²) in [7, 11) is 0. The van der Waals surface area contributed by atoms with Crippen molar-refractivity contribution in [1.29, 1.82) is 0 Å². The molecule has 88 valence electrons. The fourth-order valence-electron chi connectivity index (χ4n) is 2.78. The van der Waals surface area contributed by atoms with Crippen LogP contribution in [0.1, 0.15) is 51.9 Å². The van der Waals surface area contributed by atoms with E-state index in [2.05, 4.69) is 12.2 Å². The number of nitrogens with one attached hydrogen (secondary N) is 1. The van der Waals surface area contributed by atoms with Gasteiger partial charge in [-0.05, 0) is 31.6 Å². The molecule has 1 atom stereocenters. The Hall–Kier alpha value is -1.12. The van der Waals surface area contributed by atoms with Crippen molar-refractivity contribution in [3.8, 4) is 0 Å². The molecule has 1 N–H and O–H groups in total. The summed E-state index contributed by atoms with van der Waals surface area (Å²) in [6.45, 7) is 2.18. The molecule has 3 heteroatoms. The Morgan fingerprint density at radius 3 is 2.81 bits per heavy atom. The third kappa shape index (κ3) is 2.04. The normalized spacial score (nSPS) is 24.7. The molecule has 1 aliphatic heterocycles. The molecule has 0 saturated carbocycles. The van der Waals surface area contributed by atoms with Crippen LogP contribution in [0.5, 0.6) is 0 Å². The standard InChI is InChI=1S/C13H19NO2/c1-2-3-4-6-9-7-5-8-10-11(9)13(16)14-12(10)15/h9H,2-8H2,1H3,(H,14,15,16). The summed E-state index contributed by atoms with van der Waals surface area (Å²) in [4.78, 5) is 23.2. The minimum atomic E-state index is -0.139. The number of hydrogen-bond donors (Lipinski definition) is 1. The predicted octanol–water partition coefficient (Wildman–Crippen LogP) is 2.32. The first kappa shape index (κ1) is 11.4. The molecule has 2 amide bonds. The van der Waals surface area contributed by atoms with Crippen molar-refractivity contribution in [2.45, 2.75) is 51.9 Å². The lowest BCUT2D eigenvalue weighted by Crippen LogP contribution is -2.24. The van der Waals surface area contributed by atoms with E-state index in [1.54, 1.807) is 0 Å². The van der Waals surface area contributed by atoms with Crippen LogP contribution in [0.3, 0.4) is 0 Å². The molecular weight excluding hydrogens is 202 g/mol. The SMILES string of the molecule is CCCCCC1CCCC2=C1C(=O)NC2=O. The van der Waals surface area contributed by atoms with Crippen molar-refractivity contribution in [2.24, 2.45) is 5.92 Å². The molecule has 0 saturated heterocycles. The number of amides is 2. The van der Waals surface area contributed by atoms with Crippen molar-refractivity contribution in [3.63, 3.8) is 0 Å². The second kappa shape index (κ2) is 4.81. The molecule has 1 aliphatic carbocycles. The monoisotopic (exact) mass is 221 g/mol. The molecule has 2 rings (SSSR count). The first-order chi connectivity index (χ1) is 7.74. The molecular formula is C13H19NO2. The lowest BCUT2D eigenvalue weighted by molar-refractivity contribution is -0.124. The van der Waals surface area contributed by atoms with Gasteiger partial charge in [0.25, 0.3) is 11.8 Å². The van der Waals surface area contributed by atoms with E-state index in [0.29, 0.717) is 5.92 Å².